The van der Waals surface area contributed by atoms with E-state index in [0.29, 0.717) is 50.2 Å². The van der Waals surface area contributed by atoms with Gasteiger partial charge in [0.2, 0.25) is 5.91 Å². The van der Waals surface area contributed by atoms with Crippen LogP contribution in [0.4, 0.5) is 0 Å². The molecule has 1 atom stereocenters. The van der Waals surface area contributed by atoms with Crippen molar-refractivity contribution in [2.45, 2.75) is 31.5 Å². The quantitative estimate of drug-likeness (QED) is 0.661. The van der Waals surface area contributed by atoms with Gasteiger partial charge in [0, 0.05) is 50.7 Å². The third-order valence-electron chi connectivity index (χ3n) is 6.51. The molecule has 2 fully saturated rings. The number of nitrogens with one attached hydrogen (secondary N) is 1. The van der Waals surface area contributed by atoms with Gasteiger partial charge in [-0.05, 0) is 31.2 Å². The van der Waals surface area contributed by atoms with Gasteiger partial charge in [-0.3, -0.25) is 19.3 Å². The van der Waals surface area contributed by atoms with Crippen LogP contribution in [0.15, 0.2) is 54.6 Å². The minimum Gasteiger partial charge on any atom is -0.383 e. The Morgan fingerprint density at radius 3 is 2.41 bits per heavy atom. The van der Waals surface area contributed by atoms with E-state index in [9.17, 15) is 14.4 Å². The number of carbonyl (C=O) groups excluding carboxylic acids is 3. The zero-order valence-electron chi connectivity index (χ0n) is 19.7. The second-order valence-electron chi connectivity index (χ2n) is 8.76. The molecular formula is C26H31N3O5. The number of carbonyl (C=O) groups is 3. The summed E-state index contributed by atoms with van der Waals surface area (Å²) in [6.45, 7) is 3.67. The van der Waals surface area contributed by atoms with Crippen LogP contribution in [0, 0.1) is 6.92 Å². The van der Waals surface area contributed by atoms with Crippen LogP contribution in [0.5, 0.6) is 0 Å². The Bertz CT molecular complexity index is 1030. The lowest BCUT2D eigenvalue weighted by molar-refractivity contribution is -0.128. The predicted octanol–water partition coefficient (Wildman–Crippen LogP) is 2.23. The van der Waals surface area contributed by atoms with Crippen molar-refractivity contribution in [1.82, 2.24) is 15.1 Å². The summed E-state index contributed by atoms with van der Waals surface area (Å²) in [6, 6.07) is 15.7. The number of hydrogen-bond acceptors (Lipinski definition) is 5. The molecule has 34 heavy (non-hydrogen) atoms. The summed E-state index contributed by atoms with van der Waals surface area (Å²) in [5.41, 5.74) is 1.25. The van der Waals surface area contributed by atoms with Crippen molar-refractivity contribution in [3.8, 4) is 0 Å². The Labute approximate surface area is 199 Å². The van der Waals surface area contributed by atoms with Crippen LogP contribution in [0.25, 0.3) is 0 Å². The van der Waals surface area contributed by atoms with E-state index in [1.165, 1.54) is 0 Å². The van der Waals surface area contributed by atoms with Gasteiger partial charge in [0.1, 0.15) is 11.8 Å². The van der Waals surface area contributed by atoms with Crippen molar-refractivity contribution in [3.63, 3.8) is 0 Å². The summed E-state index contributed by atoms with van der Waals surface area (Å²) in [5, 5.41) is 2.84. The number of rotatable bonds is 6. The molecule has 180 valence electrons. The highest BCUT2D eigenvalue weighted by molar-refractivity contribution is 5.98. The highest BCUT2D eigenvalue weighted by Gasteiger charge is 2.54. The summed E-state index contributed by atoms with van der Waals surface area (Å²) in [7, 11) is 1.57. The van der Waals surface area contributed by atoms with Gasteiger partial charge in [0.25, 0.3) is 11.8 Å². The molecule has 3 amide bonds. The molecule has 2 aliphatic rings. The first-order valence-electron chi connectivity index (χ1n) is 11.6. The standard InChI is InChI=1S/C26H31N3O5/c1-19-7-6-10-21(17-19)24(31)28-14-11-26(12-15-28)29(25(32)20-8-4-3-5-9-20)22(18-34-26)23(30)27-13-16-33-2/h3-10,17,22H,11-16,18H2,1-2H3,(H,27,30). The van der Waals surface area contributed by atoms with Crippen LogP contribution < -0.4 is 5.32 Å². The van der Waals surface area contributed by atoms with Crippen molar-refractivity contribution >= 4 is 17.7 Å². The average Bonchev–Trinajstić information content (AvgIpc) is 3.22. The number of hydrogen-bond donors (Lipinski definition) is 1. The average molecular weight is 466 g/mol. The molecule has 1 unspecified atom stereocenters. The Morgan fingerprint density at radius 1 is 1.03 bits per heavy atom. The van der Waals surface area contributed by atoms with Gasteiger partial charge in [-0.15, -0.1) is 0 Å². The van der Waals surface area contributed by atoms with E-state index >= 15 is 0 Å². The van der Waals surface area contributed by atoms with Gasteiger partial charge in [0.15, 0.2) is 0 Å². The highest BCUT2D eigenvalue weighted by atomic mass is 16.5. The molecule has 4 rings (SSSR count). The van der Waals surface area contributed by atoms with E-state index in [4.69, 9.17) is 9.47 Å². The number of ether oxygens (including phenoxy) is 2. The van der Waals surface area contributed by atoms with E-state index in [0.717, 1.165) is 5.56 Å². The highest BCUT2D eigenvalue weighted by Crippen LogP contribution is 2.38. The SMILES string of the molecule is COCCNC(=O)C1COC2(CCN(C(=O)c3cccc(C)c3)CC2)N1C(=O)c1ccccc1. The number of piperidine rings is 1. The second-order valence-corrected chi connectivity index (χ2v) is 8.76. The number of likely N-dealkylation sites (tertiary alicyclic amines) is 1. The Balaban J connectivity index is 1.54. The van der Waals surface area contributed by atoms with Crippen molar-refractivity contribution in [3.05, 3.63) is 71.3 Å². The molecule has 8 nitrogen and oxygen atoms in total. The van der Waals surface area contributed by atoms with Gasteiger partial charge in [-0.25, -0.2) is 0 Å². The normalized spacial score (nSPS) is 19.3. The van der Waals surface area contributed by atoms with Crippen molar-refractivity contribution < 1.29 is 23.9 Å². The van der Waals surface area contributed by atoms with Crippen LogP contribution in [0.3, 0.4) is 0 Å². The maximum absolute atomic E-state index is 13.6. The summed E-state index contributed by atoms with van der Waals surface area (Å²) in [4.78, 5) is 43.0. The molecule has 2 heterocycles. The molecule has 2 saturated heterocycles. The van der Waals surface area contributed by atoms with Crippen LogP contribution >= 0.6 is 0 Å². The lowest BCUT2D eigenvalue weighted by atomic mass is 9.96. The molecule has 0 radical (unpaired) electrons. The zero-order chi connectivity index (χ0) is 24.1. The van der Waals surface area contributed by atoms with E-state index in [1.807, 2.05) is 37.3 Å². The second kappa shape index (κ2) is 10.4. The van der Waals surface area contributed by atoms with Gasteiger partial charge < -0.3 is 19.7 Å². The van der Waals surface area contributed by atoms with E-state index in [1.54, 1.807) is 41.2 Å². The molecule has 0 saturated carbocycles. The first-order chi connectivity index (χ1) is 16.4. The molecule has 0 aliphatic carbocycles. The molecule has 2 aromatic rings. The molecule has 0 aromatic heterocycles. The van der Waals surface area contributed by atoms with Gasteiger partial charge in [0.05, 0.1) is 13.2 Å². The number of methoxy groups -OCH3 is 1. The summed E-state index contributed by atoms with van der Waals surface area (Å²) >= 11 is 0. The van der Waals surface area contributed by atoms with Crippen LogP contribution in [-0.2, 0) is 14.3 Å². The van der Waals surface area contributed by atoms with Crippen molar-refractivity contribution in [2.75, 3.05) is 40.0 Å². The van der Waals surface area contributed by atoms with Crippen LogP contribution in [0.1, 0.15) is 39.1 Å². The first-order valence-corrected chi connectivity index (χ1v) is 11.6. The predicted molar refractivity (Wildman–Crippen MR) is 126 cm³/mol. The topological polar surface area (TPSA) is 88.2 Å². The van der Waals surface area contributed by atoms with Crippen LogP contribution in [0.2, 0.25) is 0 Å². The number of nitrogens with zero attached hydrogens (tertiary/aromatic N) is 2. The molecular weight excluding hydrogens is 434 g/mol. The third kappa shape index (κ3) is 4.83. The summed E-state index contributed by atoms with van der Waals surface area (Å²) < 4.78 is 11.2. The lowest BCUT2D eigenvalue weighted by Crippen LogP contribution is -2.60. The van der Waals surface area contributed by atoms with E-state index < -0.39 is 11.8 Å². The van der Waals surface area contributed by atoms with E-state index in [-0.39, 0.29) is 24.3 Å². The Morgan fingerprint density at radius 2 is 1.74 bits per heavy atom. The molecule has 8 heteroatoms. The van der Waals surface area contributed by atoms with Gasteiger partial charge >= 0.3 is 0 Å². The maximum atomic E-state index is 13.6. The Kier molecular flexibility index (Phi) is 7.29. The number of benzene rings is 2. The number of amides is 3. The zero-order valence-corrected chi connectivity index (χ0v) is 19.7. The first kappa shape index (κ1) is 23.9. The lowest BCUT2D eigenvalue weighted by Gasteiger charge is -2.44. The maximum Gasteiger partial charge on any atom is 0.256 e. The fourth-order valence-corrected chi connectivity index (χ4v) is 4.70. The minimum atomic E-state index is -0.931. The fraction of sp³-hybridized carbons (Fsp3) is 0.423. The van der Waals surface area contributed by atoms with Crippen molar-refractivity contribution in [2.24, 2.45) is 0 Å². The largest absolute Gasteiger partial charge is 0.383 e. The minimum absolute atomic E-state index is 0.0358. The van der Waals surface area contributed by atoms with Gasteiger partial charge in [-0.1, -0.05) is 35.9 Å². The van der Waals surface area contributed by atoms with E-state index in [2.05, 4.69) is 5.32 Å². The van der Waals surface area contributed by atoms with Gasteiger partial charge in [-0.2, -0.15) is 0 Å². The smallest absolute Gasteiger partial charge is 0.256 e. The molecule has 1 N–H and O–H groups in total. The summed E-state index contributed by atoms with van der Waals surface area (Å²) in [6.07, 6.45) is 0.871. The molecule has 0 bridgehead atoms. The van der Waals surface area contributed by atoms with Crippen molar-refractivity contribution in [1.29, 1.82) is 0 Å². The Hall–Kier alpha value is -3.23. The molecule has 1 spiro atoms. The fourth-order valence-electron chi connectivity index (χ4n) is 4.70. The monoisotopic (exact) mass is 465 g/mol. The molecule has 2 aliphatic heterocycles. The molecule has 2 aromatic carbocycles. The summed E-state index contributed by atoms with van der Waals surface area (Å²) in [5.74, 6) is -0.550. The third-order valence-corrected chi connectivity index (χ3v) is 6.51. The van der Waals surface area contributed by atoms with Crippen LogP contribution in [-0.4, -0.2) is 79.2 Å². The number of aryl methyl sites for hydroxylation is 1.